The first-order valence-electron chi connectivity index (χ1n) is 8.04. The van der Waals surface area contributed by atoms with Gasteiger partial charge in [0, 0.05) is 32.2 Å². The molecule has 2 aromatic rings. The molecule has 1 fully saturated rings. The quantitative estimate of drug-likeness (QED) is 0.782. The lowest BCUT2D eigenvalue weighted by Crippen LogP contribution is -2.51. The van der Waals surface area contributed by atoms with Gasteiger partial charge in [0.15, 0.2) is 5.11 Å². The van der Waals surface area contributed by atoms with E-state index < -0.39 is 27.5 Å². The van der Waals surface area contributed by atoms with E-state index in [0.29, 0.717) is 0 Å². The summed E-state index contributed by atoms with van der Waals surface area (Å²) < 4.78 is 66.4. The van der Waals surface area contributed by atoms with Gasteiger partial charge in [0.1, 0.15) is 17.5 Å². The molecule has 2 aromatic carbocycles. The molecule has 0 atom stereocenters. The summed E-state index contributed by atoms with van der Waals surface area (Å²) in [5, 5.41) is 2.91. The van der Waals surface area contributed by atoms with Gasteiger partial charge in [0.2, 0.25) is 10.0 Å². The van der Waals surface area contributed by atoms with Gasteiger partial charge in [-0.05, 0) is 42.5 Å². The number of hydrogen-bond acceptors (Lipinski definition) is 3. The molecule has 1 aliphatic rings. The summed E-state index contributed by atoms with van der Waals surface area (Å²) >= 11 is 5.23. The van der Waals surface area contributed by atoms with Gasteiger partial charge in [-0.15, -0.1) is 0 Å². The minimum Gasteiger partial charge on any atom is -0.346 e. The van der Waals surface area contributed by atoms with Crippen molar-refractivity contribution >= 4 is 33.0 Å². The van der Waals surface area contributed by atoms with E-state index in [9.17, 15) is 21.6 Å². The van der Waals surface area contributed by atoms with Crippen molar-refractivity contribution in [2.24, 2.45) is 0 Å². The van der Waals surface area contributed by atoms with Crippen LogP contribution in [0.5, 0.6) is 0 Å². The second-order valence-electron chi connectivity index (χ2n) is 5.90. The van der Waals surface area contributed by atoms with Crippen molar-refractivity contribution in [3.05, 3.63) is 59.9 Å². The Hall–Kier alpha value is -2.17. The lowest BCUT2D eigenvalue weighted by Gasteiger charge is -2.35. The number of rotatable bonds is 3. The van der Waals surface area contributed by atoms with Crippen LogP contribution >= 0.6 is 12.2 Å². The summed E-state index contributed by atoms with van der Waals surface area (Å²) in [5.41, 5.74) is 0.0382. The van der Waals surface area contributed by atoms with Crippen LogP contribution < -0.4 is 5.32 Å². The molecule has 0 aromatic heterocycles. The molecule has 0 bridgehead atoms. The van der Waals surface area contributed by atoms with Crippen LogP contribution in [0.2, 0.25) is 0 Å². The number of benzene rings is 2. The summed E-state index contributed by atoms with van der Waals surface area (Å²) in [4.78, 5) is 1.58. The van der Waals surface area contributed by atoms with Crippen molar-refractivity contribution < 1.29 is 21.6 Å². The van der Waals surface area contributed by atoms with E-state index in [2.05, 4.69) is 5.32 Å². The summed E-state index contributed by atoms with van der Waals surface area (Å²) in [7, 11) is -3.80. The average Bonchev–Trinajstić information content (AvgIpc) is 2.64. The van der Waals surface area contributed by atoms with Crippen LogP contribution in [0, 0.1) is 17.5 Å². The largest absolute Gasteiger partial charge is 0.346 e. The van der Waals surface area contributed by atoms with Crippen LogP contribution in [0.3, 0.4) is 0 Å². The van der Waals surface area contributed by atoms with Crippen molar-refractivity contribution in [1.29, 1.82) is 0 Å². The number of thiocarbonyl (C=S) groups is 1. The molecule has 1 heterocycles. The predicted octanol–water partition coefficient (Wildman–Crippen LogP) is 2.81. The van der Waals surface area contributed by atoms with Gasteiger partial charge in [0.25, 0.3) is 0 Å². The molecule has 1 saturated heterocycles. The van der Waals surface area contributed by atoms with Gasteiger partial charge < -0.3 is 10.2 Å². The molecular formula is C17H16F3N3O2S2. The zero-order valence-corrected chi connectivity index (χ0v) is 15.7. The van der Waals surface area contributed by atoms with Crippen LogP contribution in [-0.2, 0) is 10.0 Å². The van der Waals surface area contributed by atoms with E-state index in [-0.39, 0.29) is 41.9 Å². The van der Waals surface area contributed by atoms with Crippen molar-refractivity contribution in [3.8, 4) is 0 Å². The third-order valence-electron chi connectivity index (χ3n) is 4.13. The number of anilines is 1. The molecule has 144 valence electrons. The number of hydrogen-bond donors (Lipinski definition) is 1. The van der Waals surface area contributed by atoms with Gasteiger partial charge in [-0.3, -0.25) is 0 Å². The second kappa shape index (κ2) is 7.83. The van der Waals surface area contributed by atoms with Crippen LogP contribution in [0.15, 0.2) is 47.4 Å². The van der Waals surface area contributed by atoms with Crippen LogP contribution in [-0.4, -0.2) is 48.9 Å². The maximum atomic E-state index is 13.7. The average molecular weight is 415 g/mol. The van der Waals surface area contributed by atoms with Crippen LogP contribution in [0.4, 0.5) is 18.9 Å². The van der Waals surface area contributed by atoms with E-state index in [4.69, 9.17) is 12.2 Å². The van der Waals surface area contributed by atoms with Gasteiger partial charge >= 0.3 is 0 Å². The smallest absolute Gasteiger partial charge is 0.243 e. The maximum Gasteiger partial charge on any atom is 0.243 e. The van der Waals surface area contributed by atoms with E-state index in [0.717, 1.165) is 18.2 Å². The first-order valence-corrected chi connectivity index (χ1v) is 9.89. The second-order valence-corrected chi connectivity index (χ2v) is 8.23. The van der Waals surface area contributed by atoms with E-state index >= 15 is 0 Å². The Morgan fingerprint density at radius 1 is 0.963 bits per heavy atom. The first-order chi connectivity index (χ1) is 12.8. The number of sulfonamides is 1. The number of nitrogens with zero attached hydrogens (tertiary/aromatic N) is 2. The maximum absolute atomic E-state index is 13.7. The van der Waals surface area contributed by atoms with Gasteiger partial charge in [-0.2, -0.15) is 4.31 Å². The highest BCUT2D eigenvalue weighted by Crippen LogP contribution is 2.20. The Morgan fingerprint density at radius 3 is 2.26 bits per heavy atom. The number of piperazine rings is 1. The Labute approximate surface area is 160 Å². The SMILES string of the molecule is O=S(=O)(c1cccc(F)c1)N1CCN(C(=S)Nc2ccc(F)cc2F)CC1. The molecule has 3 rings (SSSR count). The molecule has 27 heavy (non-hydrogen) atoms. The van der Waals surface area contributed by atoms with Crippen molar-refractivity contribution in [2.75, 3.05) is 31.5 Å². The van der Waals surface area contributed by atoms with Crippen LogP contribution in [0.1, 0.15) is 0 Å². The fourth-order valence-electron chi connectivity index (χ4n) is 2.69. The zero-order valence-electron chi connectivity index (χ0n) is 14.0. The third kappa shape index (κ3) is 4.40. The molecule has 0 saturated carbocycles. The molecule has 5 nitrogen and oxygen atoms in total. The Kier molecular flexibility index (Phi) is 5.68. The molecule has 0 spiro atoms. The number of halogens is 3. The van der Waals surface area contributed by atoms with E-state index in [1.165, 1.54) is 28.6 Å². The first kappa shape index (κ1) is 19.6. The molecule has 10 heteroatoms. The molecule has 0 radical (unpaired) electrons. The van der Waals surface area contributed by atoms with Crippen LogP contribution in [0.25, 0.3) is 0 Å². The predicted molar refractivity (Wildman–Crippen MR) is 99.3 cm³/mol. The highest BCUT2D eigenvalue weighted by molar-refractivity contribution is 7.89. The normalized spacial score (nSPS) is 15.6. The Balaban J connectivity index is 1.63. The highest BCUT2D eigenvalue weighted by atomic mass is 32.2. The van der Waals surface area contributed by atoms with Crippen molar-refractivity contribution in [3.63, 3.8) is 0 Å². The molecule has 0 unspecified atom stereocenters. The minimum atomic E-state index is -3.80. The summed E-state index contributed by atoms with van der Waals surface area (Å²) in [6.45, 7) is 0.853. The monoisotopic (exact) mass is 415 g/mol. The summed E-state index contributed by atoms with van der Waals surface area (Å²) in [6.07, 6.45) is 0. The zero-order chi connectivity index (χ0) is 19.6. The number of nitrogens with one attached hydrogen (secondary N) is 1. The lowest BCUT2D eigenvalue weighted by atomic mass is 10.3. The van der Waals surface area contributed by atoms with Gasteiger partial charge in [-0.25, -0.2) is 21.6 Å². The third-order valence-corrected chi connectivity index (χ3v) is 6.39. The summed E-state index contributed by atoms with van der Waals surface area (Å²) in [5.74, 6) is -2.09. The standard InChI is InChI=1S/C17H16F3N3O2S2/c18-12-2-1-3-14(10-12)27(24,25)23-8-6-22(7-9-23)17(26)21-16-5-4-13(19)11-15(16)20/h1-5,10-11H,6-9H2,(H,21,26). The van der Waals surface area contributed by atoms with E-state index in [1.54, 1.807) is 4.90 Å². The van der Waals surface area contributed by atoms with Gasteiger partial charge in [0.05, 0.1) is 10.6 Å². The molecule has 0 aliphatic carbocycles. The van der Waals surface area contributed by atoms with Crippen molar-refractivity contribution in [1.82, 2.24) is 9.21 Å². The Bertz CT molecular complexity index is 962. The minimum absolute atomic E-state index is 0.0382. The fraction of sp³-hybridized carbons (Fsp3) is 0.235. The van der Waals surface area contributed by atoms with E-state index in [1.807, 2.05) is 0 Å². The molecule has 1 aliphatic heterocycles. The molecular weight excluding hydrogens is 399 g/mol. The lowest BCUT2D eigenvalue weighted by molar-refractivity contribution is 0.268. The van der Waals surface area contributed by atoms with Crippen molar-refractivity contribution in [2.45, 2.75) is 4.90 Å². The highest BCUT2D eigenvalue weighted by Gasteiger charge is 2.29. The topological polar surface area (TPSA) is 52.7 Å². The fourth-order valence-corrected chi connectivity index (χ4v) is 4.44. The molecule has 1 N–H and O–H groups in total. The Morgan fingerprint density at radius 2 is 1.63 bits per heavy atom. The molecule has 0 amide bonds. The van der Waals surface area contributed by atoms with Gasteiger partial charge in [-0.1, -0.05) is 6.07 Å². The summed E-state index contributed by atoms with van der Waals surface area (Å²) in [6, 6.07) is 7.93.